The van der Waals surface area contributed by atoms with Crippen molar-refractivity contribution in [3.63, 3.8) is 0 Å². The van der Waals surface area contributed by atoms with Crippen molar-refractivity contribution in [1.82, 2.24) is 9.37 Å². The topological polar surface area (TPSA) is 126 Å². The van der Waals surface area contributed by atoms with Crippen LogP contribution in [-0.4, -0.2) is 67.5 Å². The molecule has 0 radical (unpaired) electrons. The Hall–Kier alpha value is -3.05. The Balaban J connectivity index is 1.66. The van der Waals surface area contributed by atoms with Gasteiger partial charge in [0.25, 0.3) is 5.91 Å². The normalized spacial score (nSPS) is 18.0. The number of carbonyl (C=O) groups excluding carboxylic acids is 1. The average molecular weight is 527 g/mol. The molecular weight excluding hydrogens is 492 g/mol. The number of amides is 1. The fourth-order valence-corrected chi connectivity index (χ4v) is 6.05. The molecule has 0 bridgehead atoms. The maximum Gasteiger partial charge on any atom is 0.273 e. The van der Waals surface area contributed by atoms with Crippen molar-refractivity contribution in [2.24, 2.45) is 16.6 Å². The van der Waals surface area contributed by atoms with Crippen LogP contribution in [-0.2, 0) is 19.7 Å². The van der Waals surface area contributed by atoms with Gasteiger partial charge in [-0.3, -0.25) is 9.63 Å². The van der Waals surface area contributed by atoms with Gasteiger partial charge in [-0.2, -0.15) is 4.31 Å². The molecule has 0 unspecified atom stereocenters. The highest BCUT2D eigenvalue weighted by Crippen LogP contribution is 2.33. The van der Waals surface area contributed by atoms with E-state index in [0.29, 0.717) is 56.2 Å². The standard InChI is InChI=1S/C27H34N4O5S/c1-3-12-31(36-4-2)27(33)23-10-11-26(28)29-25-15-21(8-9-22(25)13-23)20-6-5-7-24(14-20)37(34,35)30-16-19(17-30)18-32/h5-9,13-15,19,32H,3-4,10-12,16-18H2,1-2H3,(H2,28,29)/b23-13+. The van der Waals surface area contributed by atoms with Gasteiger partial charge in [-0.15, -0.1) is 0 Å². The third kappa shape index (κ3) is 5.93. The molecule has 0 atom stereocenters. The molecule has 0 saturated carbocycles. The molecule has 2 aliphatic heterocycles. The molecule has 2 aromatic rings. The summed E-state index contributed by atoms with van der Waals surface area (Å²) >= 11 is 0. The number of aliphatic imine (C=N–C) groups is 1. The summed E-state index contributed by atoms with van der Waals surface area (Å²) in [5.41, 5.74) is 9.66. The molecule has 3 N–H and O–H groups in total. The van der Waals surface area contributed by atoms with Crippen molar-refractivity contribution >= 4 is 33.5 Å². The van der Waals surface area contributed by atoms with Crippen molar-refractivity contribution in [3.05, 3.63) is 53.6 Å². The van der Waals surface area contributed by atoms with Crippen molar-refractivity contribution in [1.29, 1.82) is 0 Å². The van der Waals surface area contributed by atoms with Crippen LogP contribution >= 0.6 is 0 Å². The molecule has 198 valence electrons. The van der Waals surface area contributed by atoms with E-state index in [1.807, 2.05) is 44.2 Å². The fraction of sp³-hybridized carbons (Fsp3) is 0.407. The van der Waals surface area contributed by atoms with Crippen LogP contribution in [0.2, 0.25) is 0 Å². The lowest BCUT2D eigenvalue weighted by Gasteiger charge is -2.36. The number of aliphatic hydroxyl groups excluding tert-OH is 1. The van der Waals surface area contributed by atoms with Crippen molar-refractivity contribution in [2.45, 2.75) is 38.0 Å². The number of hydrogen-bond donors (Lipinski definition) is 2. The van der Waals surface area contributed by atoms with Gasteiger partial charge in [-0.05, 0) is 55.2 Å². The van der Waals surface area contributed by atoms with Crippen LogP contribution in [0.25, 0.3) is 17.2 Å². The zero-order valence-electron chi connectivity index (χ0n) is 21.3. The van der Waals surface area contributed by atoms with Gasteiger partial charge >= 0.3 is 0 Å². The van der Waals surface area contributed by atoms with Gasteiger partial charge in [0.15, 0.2) is 0 Å². The van der Waals surface area contributed by atoms with Crippen LogP contribution in [0.5, 0.6) is 0 Å². The average Bonchev–Trinajstić information content (AvgIpc) is 2.85. The number of sulfonamides is 1. The van der Waals surface area contributed by atoms with Gasteiger partial charge in [-0.1, -0.05) is 31.2 Å². The number of hydroxylamine groups is 2. The monoisotopic (exact) mass is 526 g/mol. The van der Waals surface area contributed by atoms with Gasteiger partial charge in [0.1, 0.15) is 0 Å². The lowest BCUT2D eigenvalue weighted by Crippen LogP contribution is -2.51. The van der Waals surface area contributed by atoms with Crippen LogP contribution in [0.1, 0.15) is 38.7 Å². The minimum Gasteiger partial charge on any atom is -0.396 e. The first kappa shape index (κ1) is 27.0. The number of aliphatic hydroxyl groups is 1. The molecule has 10 heteroatoms. The van der Waals surface area contributed by atoms with E-state index < -0.39 is 10.0 Å². The molecule has 37 heavy (non-hydrogen) atoms. The van der Waals surface area contributed by atoms with Crippen LogP contribution < -0.4 is 5.73 Å². The summed E-state index contributed by atoms with van der Waals surface area (Å²) in [6.07, 6.45) is 3.50. The summed E-state index contributed by atoms with van der Waals surface area (Å²) in [4.78, 5) is 23.5. The molecule has 2 aliphatic rings. The molecule has 1 amide bonds. The molecular formula is C27H34N4O5S. The molecule has 1 saturated heterocycles. The lowest BCUT2D eigenvalue weighted by molar-refractivity contribution is -0.180. The van der Waals surface area contributed by atoms with E-state index in [1.165, 1.54) is 9.37 Å². The highest BCUT2D eigenvalue weighted by atomic mass is 32.2. The van der Waals surface area contributed by atoms with Gasteiger partial charge in [0.2, 0.25) is 10.0 Å². The minimum absolute atomic E-state index is 0.0117. The molecule has 9 nitrogen and oxygen atoms in total. The predicted octanol–water partition coefficient (Wildman–Crippen LogP) is 3.32. The van der Waals surface area contributed by atoms with Gasteiger partial charge in [0.05, 0.1) is 23.0 Å². The molecule has 0 aromatic heterocycles. The second-order valence-electron chi connectivity index (χ2n) is 9.27. The first-order valence-electron chi connectivity index (χ1n) is 12.6. The molecule has 4 rings (SSSR count). The summed E-state index contributed by atoms with van der Waals surface area (Å²) in [5, 5.41) is 10.6. The van der Waals surface area contributed by atoms with Crippen LogP contribution in [0, 0.1) is 5.92 Å². The second kappa shape index (κ2) is 11.6. The number of fused-ring (bicyclic) bond motifs is 1. The summed E-state index contributed by atoms with van der Waals surface area (Å²) in [7, 11) is -3.64. The van der Waals surface area contributed by atoms with Crippen LogP contribution in [0.15, 0.2) is 57.9 Å². The Bertz CT molecular complexity index is 1310. The summed E-state index contributed by atoms with van der Waals surface area (Å²) in [6.45, 7) is 5.36. The van der Waals surface area contributed by atoms with Gasteiger partial charge in [-0.25, -0.2) is 18.5 Å². The van der Waals surface area contributed by atoms with Gasteiger partial charge in [0, 0.05) is 49.7 Å². The van der Waals surface area contributed by atoms with E-state index >= 15 is 0 Å². The van der Waals surface area contributed by atoms with E-state index in [9.17, 15) is 18.3 Å². The Kier molecular flexibility index (Phi) is 8.43. The number of rotatable bonds is 9. The summed E-state index contributed by atoms with van der Waals surface area (Å²) < 4.78 is 27.4. The smallest absolute Gasteiger partial charge is 0.273 e. The lowest BCUT2D eigenvalue weighted by atomic mass is 9.98. The third-order valence-electron chi connectivity index (χ3n) is 6.47. The zero-order valence-corrected chi connectivity index (χ0v) is 22.1. The maximum absolute atomic E-state index is 13.2. The van der Waals surface area contributed by atoms with Crippen molar-refractivity contribution in [3.8, 4) is 11.1 Å². The molecule has 0 spiro atoms. The maximum atomic E-state index is 13.2. The molecule has 2 aromatic carbocycles. The first-order valence-corrected chi connectivity index (χ1v) is 14.0. The van der Waals surface area contributed by atoms with Crippen LogP contribution in [0.4, 0.5) is 5.69 Å². The fourth-order valence-electron chi connectivity index (χ4n) is 4.41. The van der Waals surface area contributed by atoms with Crippen molar-refractivity contribution in [2.75, 3.05) is 32.8 Å². The Morgan fingerprint density at radius 1 is 1.16 bits per heavy atom. The summed E-state index contributed by atoms with van der Waals surface area (Å²) in [6, 6.07) is 12.4. The predicted molar refractivity (Wildman–Crippen MR) is 143 cm³/mol. The summed E-state index contributed by atoms with van der Waals surface area (Å²) in [5.74, 6) is 0.228. The second-order valence-corrected chi connectivity index (χ2v) is 11.2. The number of nitrogens with two attached hydrogens (primary N) is 1. The van der Waals surface area contributed by atoms with Crippen molar-refractivity contribution < 1.29 is 23.2 Å². The van der Waals surface area contributed by atoms with Gasteiger partial charge < -0.3 is 10.8 Å². The molecule has 2 heterocycles. The van der Waals surface area contributed by atoms with E-state index in [1.54, 1.807) is 18.2 Å². The number of benzene rings is 2. The first-order chi connectivity index (χ1) is 17.8. The number of carbonyl (C=O) groups is 1. The van der Waals surface area contributed by atoms with Crippen LogP contribution in [0.3, 0.4) is 0 Å². The Morgan fingerprint density at radius 3 is 2.62 bits per heavy atom. The number of hydrogen-bond acceptors (Lipinski definition) is 7. The SMILES string of the molecule is CCCN(OCC)C(=O)/C1=C/c2ccc(-c3cccc(S(=O)(=O)N4CC(CO)C4)c3)cc2N=C(N)CC1. The number of amidine groups is 1. The molecule has 0 aliphatic carbocycles. The van der Waals surface area contributed by atoms with E-state index in [2.05, 4.69) is 4.99 Å². The highest BCUT2D eigenvalue weighted by Gasteiger charge is 2.36. The molecule has 1 fully saturated rings. The largest absolute Gasteiger partial charge is 0.396 e. The zero-order chi connectivity index (χ0) is 26.6. The third-order valence-corrected chi connectivity index (χ3v) is 8.30. The quantitative estimate of drug-likeness (QED) is 0.483. The Morgan fingerprint density at radius 2 is 1.92 bits per heavy atom. The van der Waals surface area contributed by atoms with E-state index in [4.69, 9.17) is 10.6 Å². The van der Waals surface area contributed by atoms with E-state index in [0.717, 1.165) is 23.1 Å². The Labute approximate surface area is 218 Å². The number of nitrogens with zero attached hydrogens (tertiary/aromatic N) is 3. The highest BCUT2D eigenvalue weighted by molar-refractivity contribution is 7.89. The van der Waals surface area contributed by atoms with E-state index in [-0.39, 0.29) is 23.3 Å². The minimum atomic E-state index is -3.64.